The summed E-state index contributed by atoms with van der Waals surface area (Å²) < 4.78 is 2.41. The van der Waals surface area contributed by atoms with E-state index in [-0.39, 0.29) is 0 Å². The van der Waals surface area contributed by atoms with Crippen LogP contribution in [0.3, 0.4) is 0 Å². The second-order valence-corrected chi connectivity index (χ2v) is 7.90. The van der Waals surface area contributed by atoms with Crippen LogP contribution >= 0.6 is 0 Å². The van der Waals surface area contributed by atoms with Gasteiger partial charge in [0.05, 0.1) is 11.2 Å². The monoisotopic (exact) mass is 398 g/mol. The maximum atomic E-state index is 5.11. The smallest absolute Gasteiger partial charge is 0.0723 e. The average molecular weight is 399 g/mol. The molecule has 0 saturated carbocycles. The predicted octanol–water partition coefficient (Wildman–Crippen LogP) is 7.70. The van der Waals surface area contributed by atoms with Crippen LogP contribution in [0.2, 0.25) is 0 Å². The Morgan fingerprint density at radius 1 is 0.645 bits per heavy atom. The molecule has 0 N–H and O–H groups in total. The SMILES string of the molecule is CCn1c2ccccc2c2c3c(-c4ccccc4)cc(-c4ccccc4)nc3ccc21. The largest absolute Gasteiger partial charge is 0.341 e. The summed E-state index contributed by atoms with van der Waals surface area (Å²) in [5.41, 5.74) is 8.16. The Bertz CT molecular complexity index is 1540. The molecule has 0 atom stereocenters. The van der Waals surface area contributed by atoms with E-state index in [1.165, 1.54) is 38.3 Å². The van der Waals surface area contributed by atoms with E-state index in [1.54, 1.807) is 0 Å². The number of rotatable bonds is 3. The zero-order chi connectivity index (χ0) is 20.8. The Morgan fingerprint density at radius 2 is 1.32 bits per heavy atom. The van der Waals surface area contributed by atoms with Crippen molar-refractivity contribution in [3.05, 3.63) is 103 Å². The van der Waals surface area contributed by atoms with Gasteiger partial charge in [-0.2, -0.15) is 0 Å². The highest BCUT2D eigenvalue weighted by Crippen LogP contribution is 2.40. The maximum absolute atomic E-state index is 5.11. The Kier molecular flexibility index (Phi) is 4.10. The van der Waals surface area contributed by atoms with E-state index in [9.17, 15) is 0 Å². The van der Waals surface area contributed by atoms with E-state index in [2.05, 4.69) is 109 Å². The zero-order valence-electron chi connectivity index (χ0n) is 17.4. The number of aromatic nitrogens is 2. The molecule has 0 amide bonds. The van der Waals surface area contributed by atoms with Crippen molar-refractivity contribution in [1.82, 2.24) is 9.55 Å². The number of pyridine rings is 1. The highest BCUT2D eigenvalue weighted by Gasteiger charge is 2.17. The molecular weight excluding hydrogens is 376 g/mol. The maximum Gasteiger partial charge on any atom is 0.0723 e. The minimum atomic E-state index is 0.936. The fraction of sp³-hybridized carbons (Fsp3) is 0.0690. The molecule has 31 heavy (non-hydrogen) atoms. The Hall–Kier alpha value is -3.91. The van der Waals surface area contributed by atoms with Crippen molar-refractivity contribution in [2.24, 2.45) is 0 Å². The van der Waals surface area contributed by atoms with Gasteiger partial charge in [-0.3, -0.25) is 0 Å². The van der Waals surface area contributed by atoms with Gasteiger partial charge >= 0.3 is 0 Å². The molecule has 0 radical (unpaired) electrons. The first kappa shape index (κ1) is 17.9. The topological polar surface area (TPSA) is 17.8 Å². The van der Waals surface area contributed by atoms with E-state index >= 15 is 0 Å². The second-order valence-electron chi connectivity index (χ2n) is 7.90. The number of para-hydroxylation sites is 1. The molecule has 2 aromatic heterocycles. The molecule has 4 aromatic carbocycles. The van der Waals surface area contributed by atoms with Crippen LogP contribution in [-0.2, 0) is 6.54 Å². The van der Waals surface area contributed by atoms with Gasteiger partial charge in [0.25, 0.3) is 0 Å². The lowest BCUT2D eigenvalue weighted by Gasteiger charge is -2.12. The Labute approximate surface area is 181 Å². The van der Waals surface area contributed by atoms with E-state index in [1.807, 2.05) is 6.07 Å². The van der Waals surface area contributed by atoms with Gasteiger partial charge in [-0.15, -0.1) is 0 Å². The predicted molar refractivity (Wildman–Crippen MR) is 131 cm³/mol. The third kappa shape index (κ3) is 2.76. The van der Waals surface area contributed by atoms with Crippen molar-refractivity contribution < 1.29 is 0 Å². The summed E-state index contributed by atoms with van der Waals surface area (Å²) in [5.74, 6) is 0. The first-order valence-corrected chi connectivity index (χ1v) is 10.8. The third-order valence-electron chi connectivity index (χ3n) is 6.18. The quantitative estimate of drug-likeness (QED) is 0.299. The molecule has 0 spiro atoms. The zero-order valence-corrected chi connectivity index (χ0v) is 17.4. The fourth-order valence-corrected chi connectivity index (χ4v) is 4.81. The van der Waals surface area contributed by atoms with Crippen LogP contribution in [0.4, 0.5) is 0 Å². The molecule has 0 aliphatic heterocycles. The normalized spacial score (nSPS) is 11.5. The number of benzene rings is 4. The molecule has 0 unspecified atom stereocenters. The Morgan fingerprint density at radius 3 is 2.06 bits per heavy atom. The molecule has 148 valence electrons. The van der Waals surface area contributed by atoms with E-state index in [4.69, 9.17) is 4.98 Å². The summed E-state index contributed by atoms with van der Waals surface area (Å²) in [6.45, 7) is 3.15. The van der Waals surface area contributed by atoms with Crippen LogP contribution < -0.4 is 0 Å². The number of hydrogen-bond donors (Lipinski definition) is 0. The van der Waals surface area contributed by atoms with Crippen LogP contribution in [0.25, 0.3) is 55.1 Å². The summed E-state index contributed by atoms with van der Waals surface area (Å²) in [6.07, 6.45) is 0. The fourth-order valence-electron chi connectivity index (χ4n) is 4.81. The van der Waals surface area contributed by atoms with Crippen LogP contribution in [0, 0.1) is 0 Å². The van der Waals surface area contributed by atoms with Gasteiger partial charge in [-0.25, -0.2) is 4.98 Å². The standard InChI is InChI=1S/C29H22N2/c1-2-31-26-16-10-9-15-22(26)29-27(31)18-17-24-28(29)23(20-11-5-3-6-12-20)19-25(30-24)21-13-7-4-8-14-21/h3-19H,2H2,1H3. The summed E-state index contributed by atoms with van der Waals surface area (Å²) in [7, 11) is 0. The molecule has 0 aliphatic rings. The molecule has 6 rings (SSSR count). The number of aryl methyl sites for hydroxylation is 1. The molecule has 2 heterocycles. The summed E-state index contributed by atoms with van der Waals surface area (Å²) in [6, 6.07) is 36.5. The van der Waals surface area contributed by atoms with Crippen molar-refractivity contribution in [2.45, 2.75) is 13.5 Å². The lowest BCUT2D eigenvalue weighted by Crippen LogP contribution is -1.94. The molecule has 6 aromatic rings. The number of fused-ring (bicyclic) bond motifs is 5. The Balaban J connectivity index is 1.82. The minimum Gasteiger partial charge on any atom is -0.341 e. The first-order valence-electron chi connectivity index (χ1n) is 10.8. The van der Waals surface area contributed by atoms with Crippen molar-refractivity contribution >= 4 is 32.7 Å². The summed E-state index contributed by atoms with van der Waals surface area (Å²) >= 11 is 0. The van der Waals surface area contributed by atoms with Gasteiger partial charge < -0.3 is 4.57 Å². The average Bonchev–Trinajstić information content (AvgIpc) is 3.18. The van der Waals surface area contributed by atoms with Gasteiger partial charge in [0, 0.05) is 39.3 Å². The lowest BCUT2D eigenvalue weighted by atomic mass is 9.95. The number of hydrogen-bond acceptors (Lipinski definition) is 1. The highest BCUT2D eigenvalue weighted by molar-refractivity contribution is 6.24. The van der Waals surface area contributed by atoms with Crippen molar-refractivity contribution in [1.29, 1.82) is 0 Å². The van der Waals surface area contributed by atoms with Gasteiger partial charge in [0.1, 0.15) is 0 Å². The molecular formula is C29H22N2. The molecule has 2 heteroatoms. The van der Waals surface area contributed by atoms with Crippen molar-refractivity contribution in [2.75, 3.05) is 0 Å². The molecule has 0 saturated heterocycles. The van der Waals surface area contributed by atoms with E-state index < -0.39 is 0 Å². The van der Waals surface area contributed by atoms with E-state index in [0.717, 1.165) is 23.3 Å². The van der Waals surface area contributed by atoms with Gasteiger partial charge in [0.15, 0.2) is 0 Å². The van der Waals surface area contributed by atoms with Gasteiger partial charge in [-0.05, 0) is 42.3 Å². The third-order valence-corrected chi connectivity index (χ3v) is 6.18. The second kappa shape index (κ2) is 7.10. The van der Waals surface area contributed by atoms with Gasteiger partial charge in [0.2, 0.25) is 0 Å². The highest BCUT2D eigenvalue weighted by atomic mass is 15.0. The summed E-state index contributed by atoms with van der Waals surface area (Å²) in [5, 5.41) is 3.81. The van der Waals surface area contributed by atoms with Crippen molar-refractivity contribution in [3.63, 3.8) is 0 Å². The minimum absolute atomic E-state index is 0.936. The first-order chi connectivity index (χ1) is 15.3. The van der Waals surface area contributed by atoms with E-state index in [0.29, 0.717) is 0 Å². The van der Waals surface area contributed by atoms with Gasteiger partial charge in [-0.1, -0.05) is 78.9 Å². The molecule has 2 nitrogen and oxygen atoms in total. The molecule has 0 bridgehead atoms. The summed E-state index contributed by atoms with van der Waals surface area (Å²) in [4.78, 5) is 5.11. The van der Waals surface area contributed by atoms with Crippen LogP contribution in [-0.4, -0.2) is 9.55 Å². The lowest BCUT2D eigenvalue weighted by molar-refractivity contribution is 0.827. The number of nitrogens with zero attached hydrogens (tertiary/aromatic N) is 2. The van der Waals surface area contributed by atoms with Crippen LogP contribution in [0.15, 0.2) is 103 Å². The molecule has 0 fully saturated rings. The van der Waals surface area contributed by atoms with Crippen LogP contribution in [0.1, 0.15) is 6.92 Å². The molecule has 0 aliphatic carbocycles. The van der Waals surface area contributed by atoms with Crippen LogP contribution in [0.5, 0.6) is 0 Å². The van der Waals surface area contributed by atoms with Crippen molar-refractivity contribution in [3.8, 4) is 22.4 Å².